The molecule has 9 nitrogen and oxygen atoms in total. The number of hydrogen-bond acceptors (Lipinski definition) is 6. The van der Waals surface area contributed by atoms with Crippen LogP contribution in [0.15, 0.2) is 52.5 Å². The largest absolute Gasteiger partial charge is 0.328 e. The van der Waals surface area contributed by atoms with E-state index in [9.17, 15) is 9.59 Å². The number of carbonyl (C=O) groups is 1. The first-order valence-corrected chi connectivity index (χ1v) is 12.9. The van der Waals surface area contributed by atoms with Crippen LogP contribution in [0, 0.1) is 5.92 Å². The maximum absolute atomic E-state index is 13.9. The third kappa shape index (κ3) is 4.50. The SMILES string of the molecule is CCCCc1cn(C2CCCC2C(C)=O)c(=O)n1CC1(c2cccc(-c3nnn[nH]3)c2)C=CN=CC1. The van der Waals surface area contributed by atoms with Crippen LogP contribution in [0.4, 0.5) is 0 Å². The van der Waals surface area contributed by atoms with Gasteiger partial charge in [0.15, 0.2) is 5.82 Å². The van der Waals surface area contributed by atoms with Gasteiger partial charge in [0, 0.05) is 53.8 Å². The molecule has 9 heteroatoms. The number of Topliss-reactive ketones (excluding diaryl/α,β-unsaturated/α-hetero) is 1. The molecule has 2 aliphatic rings. The van der Waals surface area contributed by atoms with Crippen molar-refractivity contribution in [2.45, 2.75) is 76.8 Å². The van der Waals surface area contributed by atoms with Crippen LogP contribution in [0.5, 0.6) is 0 Å². The minimum absolute atomic E-state index is 0.0230. The maximum Gasteiger partial charge on any atom is 0.328 e. The van der Waals surface area contributed by atoms with Gasteiger partial charge in [0.05, 0.1) is 0 Å². The molecule has 188 valence electrons. The topological polar surface area (TPSA) is 111 Å². The van der Waals surface area contributed by atoms with Crippen molar-refractivity contribution in [3.63, 3.8) is 0 Å². The van der Waals surface area contributed by atoms with E-state index in [-0.39, 0.29) is 23.4 Å². The van der Waals surface area contributed by atoms with E-state index in [2.05, 4.69) is 50.7 Å². The standard InChI is InChI=1S/C27H33N7O2/c1-3-4-9-22-17-33(24-11-6-10-23(24)19(2)35)26(36)34(22)18-27(12-14-28-15-13-27)21-8-5-7-20(16-21)25-29-31-32-30-25/h5,7-8,12,14-17,23-24H,3-4,6,9-11,13,18H2,1-2H3,(H,29,30,31,32). The second kappa shape index (κ2) is 10.2. The van der Waals surface area contributed by atoms with Crippen molar-refractivity contribution in [2.75, 3.05) is 0 Å². The van der Waals surface area contributed by atoms with Crippen LogP contribution in [0.1, 0.15) is 69.7 Å². The van der Waals surface area contributed by atoms with Crippen LogP contribution in [-0.4, -0.2) is 41.8 Å². The van der Waals surface area contributed by atoms with Crippen molar-refractivity contribution in [1.82, 2.24) is 29.8 Å². The number of aliphatic imine (C=N–C) groups is 1. The van der Waals surface area contributed by atoms with E-state index in [0.29, 0.717) is 18.8 Å². The molecular weight excluding hydrogens is 454 g/mol. The van der Waals surface area contributed by atoms with Crippen molar-refractivity contribution in [3.05, 3.63) is 64.5 Å². The number of nitrogens with one attached hydrogen (secondary N) is 1. The Morgan fingerprint density at radius 1 is 1.28 bits per heavy atom. The molecule has 3 heterocycles. The monoisotopic (exact) mass is 487 g/mol. The Kier molecular flexibility index (Phi) is 6.80. The molecule has 1 saturated carbocycles. The molecule has 3 unspecified atom stereocenters. The zero-order valence-corrected chi connectivity index (χ0v) is 20.9. The molecule has 1 N–H and O–H groups in total. The van der Waals surface area contributed by atoms with Crippen LogP contribution in [0.3, 0.4) is 0 Å². The highest BCUT2D eigenvalue weighted by Crippen LogP contribution is 2.37. The lowest BCUT2D eigenvalue weighted by Gasteiger charge is -2.32. The second-order valence-corrected chi connectivity index (χ2v) is 10.1. The minimum Gasteiger partial charge on any atom is -0.300 e. The van der Waals surface area contributed by atoms with Gasteiger partial charge in [-0.1, -0.05) is 44.0 Å². The van der Waals surface area contributed by atoms with Crippen LogP contribution < -0.4 is 5.69 Å². The molecule has 0 radical (unpaired) electrons. The number of nitrogens with zero attached hydrogens (tertiary/aromatic N) is 6. The Bertz CT molecular complexity index is 1330. The van der Waals surface area contributed by atoms with Crippen molar-refractivity contribution >= 4 is 12.0 Å². The highest BCUT2D eigenvalue weighted by Gasteiger charge is 2.36. The van der Waals surface area contributed by atoms with Crippen molar-refractivity contribution in [1.29, 1.82) is 0 Å². The molecule has 1 fully saturated rings. The lowest BCUT2D eigenvalue weighted by molar-refractivity contribution is -0.121. The first-order valence-electron chi connectivity index (χ1n) is 12.9. The summed E-state index contributed by atoms with van der Waals surface area (Å²) in [6, 6.07) is 8.09. The number of aromatic amines is 1. The summed E-state index contributed by atoms with van der Waals surface area (Å²) in [7, 11) is 0. The van der Waals surface area contributed by atoms with E-state index in [1.54, 1.807) is 6.92 Å². The van der Waals surface area contributed by atoms with Gasteiger partial charge in [0.1, 0.15) is 5.78 Å². The minimum atomic E-state index is -0.447. The van der Waals surface area contributed by atoms with Crippen LogP contribution in [-0.2, 0) is 23.2 Å². The van der Waals surface area contributed by atoms with Crippen LogP contribution >= 0.6 is 0 Å². The summed E-state index contributed by atoms with van der Waals surface area (Å²) in [5.74, 6) is 0.693. The third-order valence-electron chi connectivity index (χ3n) is 7.77. The molecule has 36 heavy (non-hydrogen) atoms. The maximum atomic E-state index is 13.9. The predicted molar refractivity (Wildman–Crippen MR) is 138 cm³/mol. The Morgan fingerprint density at radius 3 is 2.89 bits per heavy atom. The number of ketones is 1. The number of allylic oxidation sites excluding steroid dienone is 1. The molecule has 1 aliphatic heterocycles. The van der Waals surface area contributed by atoms with Crippen LogP contribution in [0.25, 0.3) is 11.4 Å². The number of rotatable bonds is 9. The predicted octanol–water partition coefficient (Wildman–Crippen LogP) is 4.03. The normalized spacial score (nSPS) is 23.4. The zero-order valence-electron chi connectivity index (χ0n) is 20.9. The van der Waals surface area contributed by atoms with Gasteiger partial charge in [0.2, 0.25) is 0 Å². The Morgan fingerprint density at radius 2 is 2.17 bits per heavy atom. The Balaban J connectivity index is 1.57. The molecule has 5 rings (SSSR count). The molecule has 3 atom stereocenters. The fourth-order valence-corrected chi connectivity index (χ4v) is 5.75. The molecule has 1 aliphatic carbocycles. The second-order valence-electron chi connectivity index (χ2n) is 10.1. The first-order chi connectivity index (χ1) is 17.5. The fourth-order valence-electron chi connectivity index (χ4n) is 5.75. The molecule has 1 aromatic carbocycles. The molecule has 2 aromatic heterocycles. The zero-order chi connectivity index (χ0) is 25.1. The number of aromatic nitrogens is 6. The summed E-state index contributed by atoms with van der Waals surface area (Å²) in [6.45, 7) is 4.31. The highest BCUT2D eigenvalue weighted by atomic mass is 16.2. The first kappa shape index (κ1) is 24.1. The van der Waals surface area contributed by atoms with E-state index in [1.165, 1.54) is 0 Å². The smallest absolute Gasteiger partial charge is 0.300 e. The molecule has 0 amide bonds. The van der Waals surface area contributed by atoms with Gasteiger partial charge < -0.3 is 0 Å². The van der Waals surface area contributed by atoms with Crippen molar-refractivity contribution in [2.24, 2.45) is 10.9 Å². The highest BCUT2D eigenvalue weighted by molar-refractivity contribution is 5.79. The van der Waals surface area contributed by atoms with E-state index in [1.807, 2.05) is 39.9 Å². The van der Waals surface area contributed by atoms with Crippen LogP contribution in [0.2, 0.25) is 0 Å². The summed E-state index contributed by atoms with van der Waals surface area (Å²) in [5, 5.41) is 14.3. The summed E-state index contributed by atoms with van der Waals surface area (Å²) in [6.07, 6.45) is 14.1. The quantitative estimate of drug-likeness (QED) is 0.490. The summed E-state index contributed by atoms with van der Waals surface area (Å²) in [5.41, 5.74) is 2.52. The van der Waals surface area contributed by atoms with Gasteiger partial charge in [-0.3, -0.25) is 18.9 Å². The number of aryl methyl sites for hydroxylation is 1. The Labute approximate surface area is 210 Å². The number of tetrazole rings is 1. The fraction of sp³-hybridized carbons (Fsp3) is 0.481. The van der Waals surface area contributed by atoms with E-state index < -0.39 is 5.41 Å². The average molecular weight is 488 g/mol. The molecule has 0 bridgehead atoms. The van der Waals surface area contributed by atoms with Gasteiger partial charge in [-0.15, -0.1) is 5.10 Å². The lowest BCUT2D eigenvalue weighted by atomic mass is 9.76. The summed E-state index contributed by atoms with van der Waals surface area (Å²) < 4.78 is 3.80. The number of benzene rings is 1. The molecule has 3 aromatic rings. The number of carbonyl (C=O) groups excluding carboxylic acids is 1. The molecule has 0 spiro atoms. The van der Waals surface area contributed by atoms with Gasteiger partial charge >= 0.3 is 5.69 Å². The van der Waals surface area contributed by atoms with Gasteiger partial charge in [-0.25, -0.2) is 9.89 Å². The summed E-state index contributed by atoms with van der Waals surface area (Å²) >= 11 is 0. The Hall–Kier alpha value is -3.62. The van der Waals surface area contributed by atoms with Gasteiger partial charge in [-0.05, 0) is 61.1 Å². The number of unbranched alkanes of at least 4 members (excludes halogenated alkanes) is 1. The third-order valence-corrected chi connectivity index (χ3v) is 7.77. The van der Waals surface area contributed by atoms with E-state index in [4.69, 9.17) is 0 Å². The summed E-state index contributed by atoms with van der Waals surface area (Å²) in [4.78, 5) is 30.6. The average Bonchev–Trinajstić information content (AvgIpc) is 3.65. The van der Waals surface area contributed by atoms with Gasteiger partial charge in [-0.2, -0.15) is 0 Å². The molecule has 0 saturated heterocycles. The van der Waals surface area contributed by atoms with E-state index in [0.717, 1.165) is 55.3 Å². The number of hydrogen-bond donors (Lipinski definition) is 1. The number of H-pyrrole nitrogens is 1. The van der Waals surface area contributed by atoms with E-state index >= 15 is 0 Å². The van der Waals surface area contributed by atoms with Crippen molar-refractivity contribution < 1.29 is 4.79 Å². The molecular formula is C27H33N7O2. The number of imidazole rings is 1. The lowest BCUT2D eigenvalue weighted by Crippen LogP contribution is -2.38. The van der Waals surface area contributed by atoms with Gasteiger partial charge in [0.25, 0.3) is 0 Å². The van der Waals surface area contributed by atoms with Crippen molar-refractivity contribution in [3.8, 4) is 11.4 Å².